The highest BCUT2D eigenvalue weighted by atomic mass is 16.5. The molecular weight excluding hydrogens is 338 g/mol. The number of amides is 1. The van der Waals surface area contributed by atoms with Crippen LogP contribution in [0.5, 0.6) is 5.75 Å². The number of carbonyl (C=O) groups is 1. The lowest BCUT2D eigenvalue weighted by atomic mass is 9.86. The number of imidazole rings is 1. The van der Waals surface area contributed by atoms with Crippen LogP contribution in [0.2, 0.25) is 0 Å². The fraction of sp³-hybridized carbons (Fsp3) is 0.364. The van der Waals surface area contributed by atoms with E-state index in [1.807, 2.05) is 24.6 Å². The van der Waals surface area contributed by atoms with Gasteiger partial charge >= 0.3 is 0 Å². The minimum absolute atomic E-state index is 0.0683. The molecule has 1 amide bonds. The number of nitrogens with zero attached hydrogens (tertiary/aromatic N) is 2. The van der Waals surface area contributed by atoms with Crippen molar-refractivity contribution in [3.05, 3.63) is 58.4 Å². The van der Waals surface area contributed by atoms with Crippen LogP contribution < -0.4 is 10.1 Å². The van der Waals surface area contributed by atoms with Crippen LogP contribution in [-0.4, -0.2) is 28.1 Å². The van der Waals surface area contributed by atoms with Crippen molar-refractivity contribution >= 4 is 16.9 Å². The quantitative estimate of drug-likeness (QED) is 0.725. The molecule has 5 nitrogen and oxygen atoms in total. The largest absolute Gasteiger partial charge is 0.484 e. The van der Waals surface area contributed by atoms with Crippen molar-refractivity contribution in [1.82, 2.24) is 14.9 Å². The summed E-state index contributed by atoms with van der Waals surface area (Å²) < 4.78 is 8.75. The zero-order valence-electron chi connectivity index (χ0n) is 15.9. The molecule has 0 bridgehead atoms. The van der Waals surface area contributed by atoms with Gasteiger partial charge in [0.2, 0.25) is 0 Å². The number of rotatable bonds is 1. The Morgan fingerprint density at radius 2 is 1.96 bits per heavy atom. The first-order chi connectivity index (χ1) is 13.0. The first-order valence-electron chi connectivity index (χ1n) is 9.48. The van der Waals surface area contributed by atoms with Crippen molar-refractivity contribution in [3.8, 4) is 5.75 Å². The van der Waals surface area contributed by atoms with Gasteiger partial charge in [-0.15, -0.1) is 0 Å². The smallest absolute Gasteiger partial charge is 0.251 e. The molecular formula is C22H23N3O2. The third kappa shape index (κ3) is 2.30. The predicted molar refractivity (Wildman–Crippen MR) is 104 cm³/mol. The molecule has 1 aromatic heterocycles. The number of ether oxygens (including phenoxy) is 1. The van der Waals surface area contributed by atoms with Crippen molar-refractivity contribution < 1.29 is 9.53 Å². The maximum atomic E-state index is 12.5. The summed E-state index contributed by atoms with van der Waals surface area (Å²) >= 11 is 0. The molecule has 2 heterocycles. The molecule has 5 heteroatoms. The third-order valence-corrected chi connectivity index (χ3v) is 6.22. The Kier molecular flexibility index (Phi) is 3.39. The van der Waals surface area contributed by atoms with Crippen LogP contribution in [0.1, 0.15) is 39.3 Å². The Hall–Kier alpha value is -2.82. The molecule has 2 aliphatic rings. The minimum atomic E-state index is -0.226. The van der Waals surface area contributed by atoms with Crippen LogP contribution in [0, 0.1) is 6.92 Å². The van der Waals surface area contributed by atoms with Crippen molar-refractivity contribution in [2.75, 3.05) is 7.05 Å². The molecule has 0 fully saturated rings. The van der Waals surface area contributed by atoms with E-state index in [4.69, 9.17) is 9.72 Å². The van der Waals surface area contributed by atoms with E-state index in [1.54, 1.807) is 7.05 Å². The summed E-state index contributed by atoms with van der Waals surface area (Å²) in [4.78, 5) is 17.3. The highest BCUT2D eigenvalue weighted by Crippen LogP contribution is 2.45. The summed E-state index contributed by atoms with van der Waals surface area (Å²) in [5.41, 5.74) is 6.02. The van der Waals surface area contributed by atoms with Crippen LogP contribution in [0.25, 0.3) is 11.0 Å². The Bertz CT molecular complexity index is 1070. The minimum Gasteiger partial charge on any atom is -0.484 e. The average molecular weight is 361 g/mol. The van der Waals surface area contributed by atoms with E-state index in [0.717, 1.165) is 53.9 Å². The zero-order valence-corrected chi connectivity index (χ0v) is 15.9. The second-order valence-corrected chi connectivity index (χ2v) is 7.80. The molecule has 1 aliphatic heterocycles. The molecule has 27 heavy (non-hydrogen) atoms. The maximum Gasteiger partial charge on any atom is 0.251 e. The lowest BCUT2D eigenvalue weighted by Gasteiger charge is -2.36. The number of aryl methyl sites for hydroxylation is 2. The molecule has 0 saturated carbocycles. The molecule has 1 N–H and O–H groups in total. The topological polar surface area (TPSA) is 56.2 Å². The number of carbonyl (C=O) groups excluding carboxylic acids is 1. The van der Waals surface area contributed by atoms with Gasteiger partial charge in [-0.3, -0.25) is 4.79 Å². The van der Waals surface area contributed by atoms with Gasteiger partial charge in [0, 0.05) is 38.1 Å². The molecule has 1 aliphatic carbocycles. The Labute approximate surface area is 158 Å². The number of hydrogen-bond acceptors (Lipinski definition) is 3. The second kappa shape index (κ2) is 5.59. The molecule has 0 saturated heterocycles. The second-order valence-electron chi connectivity index (χ2n) is 7.80. The molecule has 138 valence electrons. The van der Waals surface area contributed by atoms with E-state index >= 15 is 0 Å². The first-order valence-corrected chi connectivity index (χ1v) is 9.48. The van der Waals surface area contributed by atoms with Gasteiger partial charge in [-0.2, -0.15) is 0 Å². The lowest BCUT2D eigenvalue weighted by molar-refractivity contribution is 0.0578. The standard InChI is InChI=1S/C22H23N3O2/c1-13-24-19-18(25(13)3)10-17(21(26)23-2)16-8-9-22(27-20(16)19)11-14-6-4-5-7-15(14)12-22/h4-7,10H,8-9,11-12H2,1-3H3,(H,23,26). The molecule has 0 radical (unpaired) electrons. The third-order valence-electron chi connectivity index (χ3n) is 6.22. The van der Waals surface area contributed by atoms with Crippen LogP contribution in [-0.2, 0) is 26.3 Å². The van der Waals surface area contributed by atoms with Gasteiger partial charge in [-0.1, -0.05) is 24.3 Å². The maximum absolute atomic E-state index is 12.5. The fourth-order valence-electron chi connectivity index (χ4n) is 4.67. The van der Waals surface area contributed by atoms with E-state index in [9.17, 15) is 4.79 Å². The van der Waals surface area contributed by atoms with Gasteiger partial charge in [0.25, 0.3) is 5.91 Å². The molecule has 0 unspecified atom stereocenters. The fourth-order valence-corrected chi connectivity index (χ4v) is 4.67. The number of fused-ring (bicyclic) bond motifs is 4. The zero-order chi connectivity index (χ0) is 18.8. The van der Waals surface area contributed by atoms with Crippen molar-refractivity contribution in [1.29, 1.82) is 0 Å². The summed E-state index contributed by atoms with van der Waals surface area (Å²) in [5, 5.41) is 2.77. The summed E-state index contributed by atoms with van der Waals surface area (Å²) in [5.74, 6) is 1.65. The molecule has 2 aromatic carbocycles. The van der Waals surface area contributed by atoms with Crippen LogP contribution in [0.3, 0.4) is 0 Å². The summed E-state index contributed by atoms with van der Waals surface area (Å²) in [6, 6.07) is 10.5. The highest BCUT2D eigenvalue weighted by molar-refractivity contribution is 6.01. The van der Waals surface area contributed by atoms with Gasteiger partial charge < -0.3 is 14.6 Å². The van der Waals surface area contributed by atoms with Crippen molar-refractivity contribution in [2.45, 2.75) is 38.2 Å². The normalized spacial score (nSPS) is 16.9. The van der Waals surface area contributed by atoms with Crippen LogP contribution in [0.4, 0.5) is 0 Å². The number of benzene rings is 2. The molecule has 1 spiro atoms. The molecule has 5 rings (SSSR count). The molecule has 0 atom stereocenters. The van der Waals surface area contributed by atoms with Gasteiger partial charge in [0.15, 0.2) is 5.75 Å². The Morgan fingerprint density at radius 1 is 1.26 bits per heavy atom. The van der Waals surface area contributed by atoms with Gasteiger partial charge in [-0.05, 0) is 37.0 Å². The van der Waals surface area contributed by atoms with Gasteiger partial charge in [0.05, 0.1) is 5.52 Å². The van der Waals surface area contributed by atoms with Gasteiger partial charge in [-0.25, -0.2) is 4.98 Å². The van der Waals surface area contributed by atoms with Crippen LogP contribution in [0.15, 0.2) is 30.3 Å². The van der Waals surface area contributed by atoms with Gasteiger partial charge in [0.1, 0.15) is 16.9 Å². The van der Waals surface area contributed by atoms with E-state index in [-0.39, 0.29) is 11.5 Å². The van der Waals surface area contributed by atoms with E-state index < -0.39 is 0 Å². The van der Waals surface area contributed by atoms with E-state index in [1.165, 1.54) is 11.1 Å². The monoisotopic (exact) mass is 361 g/mol. The average Bonchev–Trinajstić information content (AvgIpc) is 3.17. The van der Waals surface area contributed by atoms with Crippen LogP contribution >= 0.6 is 0 Å². The lowest BCUT2D eigenvalue weighted by Crippen LogP contribution is -2.41. The van der Waals surface area contributed by atoms with E-state index in [0.29, 0.717) is 5.56 Å². The van der Waals surface area contributed by atoms with E-state index in [2.05, 4.69) is 29.6 Å². The molecule has 3 aromatic rings. The summed E-state index contributed by atoms with van der Waals surface area (Å²) in [6.45, 7) is 1.98. The highest BCUT2D eigenvalue weighted by Gasteiger charge is 2.43. The summed E-state index contributed by atoms with van der Waals surface area (Å²) in [7, 11) is 3.65. The predicted octanol–water partition coefficient (Wildman–Crippen LogP) is 3.10. The SMILES string of the molecule is CNC(=O)c1cc2c(nc(C)n2C)c2c1CCC1(Cc3ccccc3C1)O2. The summed E-state index contributed by atoms with van der Waals surface area (Å²) in [6.07, 6.45) is 3.58. The van der Waals surface area contributed by atoms with Crippen molar-refractivity contribution in [3.63, 3.8) is 0 Å². The number of nitrogens with one attached hydrogen (secondary N) is 1. The van der Waals surface area contributed by atoms with Crippen molar-refractivity contribution in [2.24, 2.45) is 7.05 Å². The first kappa shape index (κ1) is 16.4. The Balaban J connectivity index is 1.68. The number of hydrogen-bond donors (Lipinski definition) is 1. The Morgan fingerprint density at radius 3 is 2.63 bits per heavy atom. The number of aromatic nitrogens is 2.